The zero-order chi connectivity index (χ0) is 16.9. The fourth-order valence-corrected chi connectivity index (χ4v) is 4.05. The number of esters is 2. The molecule has 0 radical (unpaired) electrons. The van der Waals surface area contributed by atoms with Crippen LogP contribution < -0.4 is 0 Å². The number of hydrogen-bond acceptors (Lipinski definition) is 4. The molecule has 0 aromatic carbocycles. The van der Waals surface area contributed by atoms with Crippen molar-refractivity contribution < 1.29 is 19.1 Å². The average molecular weight is 308 g/mol. The standard InChI is InChI=1S/C18H28O4/c1-10(2)21-15(19)13-12-8-9-18(7,17(12,5)6)14(13)16(20)22-11(3)4/h10-12H,8-9H2,1-7H3. The Balaban J connectivity index is 2.50. The summed E-state index contributed by atoms with van der Waals surface area (Å²) in [5.41, 5.74) is 0.643. The first-order chi connectivity index (χ1) is 10.0. The number of carbonyl (C=O) groups excluding carboxylic acids is 2. The molecule has 4 heteroatoms. The van der Waals surface area contributed by atoms with Gasteiger partial charge in [-0.25, -0.2) is 9.59 Å². The molecule has 2 aliphatic carbocycles. The fourth-order valence-electron chi connectivity index (χ4n) is 4.05. The molecule has 2 unspecified atom stereocenters. The van der Waals surface area contributed by atoms with E-state index in [1.807, 2.05) is 27.7 Å². The molecule has 124 valence electrons. The molecule has 0 aliphatic heterocycles. The van der Waals surface area contributed by atoms with Crippen LogP contribution in [0.4, 0.5) is 0 Å². The van der Waals surface area contributed by atoms with Crippen LogP contribution in [-0.2, 0) is 19.1 Å². The normalized spacial score (nSPS) is 29.4. The van der Waals surface area contributed by atoms with E-state index < -0.39 is 0 Å². The quantitative estimate of drug-likeness (QED) is 0.744. The molecule has 0 N–H and O–H groups in total. The lowest BCUT2D eigenvalue weighted by Gasteiger charge is -2.36. The number of fused-ring (bicyclic) bond motifs is 2. The summed E-state index contributed by atoms with van der Waals surface area (Å²) in [6, 6.07) is 0. The summed E-state index contributed by atoms with van der Waals surface area (Å²) < 4.78 is 10.8. The van der Waals surface area contributed by atoms with Crippen LogP contribution in [0.5, 0.6) is 0 Å². The molecule has 0 heterocycles. The predicted molar refractivity (Wildman–Crippen MR) is 84.1 cm³/mol. The Kier molecular flexibility index (Phi) is 4.18. The lowest BCUT2D eigenvalue weighted by Crippen LogP contribution is -2.33. The Morgan fingerprint density at radius 1 is 1.00 bits per heavy atom. The summed E-state index contributed by atoms with van der Waals surface area (Å²) in [4.78, 5) is 25.2. The predicted octanol–water partition coefficient (Wildman–Crippen LogP) is 3.64. The molecule has 2 bridgehead atoms. The molecule has 0 amide bonds. The molecular formula is C18H28O4. The smallest absolute Gasteiger partial charge is 0.335 e. The molecule has 0 aromatic rings. The van der Waals surface area contributed by atoms with Gasteiger partial charge in [-0.1, -0.05) is 20.8 Å². The van der Waals surface area contributed by atoms with Gasteiger partial charge in [-0.3, -0.25) is 0 Å². The minimum Gasteiger partial charge on any atom is -0.460 e. The van der Waals surface area contributed by atoms with Crippen LogP contribution in [0.25, 0.3) is 0 Å². The van der Waals surface area contributed by atoms with Gasteiger partial charge >= 0.3 is 11.9 Å². The summed E-state index contributed by atoms with van der Waals surface area (Å²) in [7, 11) is 0. The lowest BCUT2D eigenvalue weighted by molar-refractivity contribution is -0.147. The largest absolute Gasteiger partial charge is 0.460 e. The first-order valence-corrected chi connectivity index (χ1v) is 8.19. The van der Waals surface area contributed by atoms with Crippen molar-refractivity contribution in [2.24, 2.45) is 16.7 Å². The average Bonchev–Trinajstić information content (AvgIpc) is 2.67. The molecule has 2 rings (SSSR count). The molecule has 1 fully saturated rings. The number of rotatable bonds is 4. The Bertz CT molecular complexity index is 527. The van der Waals surface area contributed by atoms with Gasteiger partial charge in [0.25, 0.3) is 0 Å². The Morgan fingerprint density at radius 3 is 2.00 bits per heavy atom. The van der Waals surface area contributed by atoms with Crippen LogP contribution in [0.2, 0.25) is 0 Å². The van der Waals surface area contributed by atoms with Crippen molar-refractivity contribution in [3.63, 3.8) is 0 Å². The van der Waals surface area contributed by atoms with Gasteiger partial charge in [0.2, 0.25) is 0 Å². The van der Waals surface area contributed by atoms with Crippen LogP contribution in [-0.4, -0.2) is 24.1 Å². The topological polar surface area (TPSA) is 52.6 Å². The molecule has 0 aromatic heterocycles. The van der Waals surface area contributed by atoms with Crippen molar-refractivity contribution in [2.75, 3.05) is 0 Å². The van der Waals surface area contributed by atoms with Crippen molar-refractivity contribution in [2.45, 2.75) is 73.5 Å². The third kappa shape index (κ3) is 2.37. The highest BCUT2D eigenvalue weighted by Crippen LogP contribution is 2.68. The van der Waals surface area contributed by atoms with Crippen LogP contribution in [0.3, 0.4) is 0 Å². The maximum atomic E-state index is 12.7. The van der Waals surface area contributed by atoms with E-state index in [4.69, 9.17) is 9.47 Å². The van der Waals surface area contributed by atoms with Gasteiger partial charge in [0.1, 0.15) is 0 Å². The summed E-state index contributed by atoms with van der Waals surface area (Å²) in [6.07, 6.45) is 1.43. The van der Waals surface area contributed by atoms with Crippen molar-refractivity contribution in [3.8, 4) is 0 Å². The van der Waals surface area contributed by atoms with Crippen molar-refractivity contribution in [1.82, 2.24) is 0 Å². The van der Waals surface area contributed by atoms with Gasteiger partial charge in [-0.2, -0.15) is 0 Å². The number of ether oxygens (including phenoxy) is 2. The second-order valence-electron chi connectivity index (χ2n) is 7.84. The lowest BCUT2D eigenvalue weighted by atomic mass is 9.67. The summed E-state index contributed by atoms with van der Waals surface area (Å²) in [5, 5.41) is 0. The number of carbonyl (C=O) groups is 2. The van der Waals surface area contributed by atoms with Crippen molar-refractivity contribution in [3.05, 3.63) is 11.1 Å². The Morgan fingerprint density at radius 2 is 1.50 bits per heavy atom. The highest BCUT2D eigenvalue weighted by atomic mass is 16.5. The second-order valence-corrected chi connectivity index (χ2v) is 7.84. The van der Waals surface area contributed by atoms with E-state index in [0.717, 1.165) is 12.8 Å². The molecule has 0 spiro atoms. The van der Waals surface area contributed by atoms with E-state index in [2.05, 4.69) is 20.8 Å². The number of hydrogen-bond donors (Lipinski definition) is 0. The molecule has 22 heavy (non-hydrogen) atoms. The first-order valence-electron chi connectivity index (χ1n) is 8.19. The van der Waals surface area contributed by atoms with Gasteiger partial charge in [0.05, 0.1) is 23.4 Å². The minimum absolute atomic E-state index is 0.0680. The van der Waals surface area contributed by atoms with E-state index in [-0.39, 0.29) is 40.9 Å². The van der Waals surface area contributed by atoms with E-state index in [9.17, 15) is 9.59 Å². The van der Waals surface area contributed by atoms with E-state index in [0.29, 0.717) is 11.1 Å². The maximum absolute atomic E-state index is 12.7. The molecule has 2 atom stereocenters. The molecular weight excluding hydrogens is 280 g/mol. The van der Waals surface area contributed by atoms with Crippen molar-refractivity contribution >= 4 is 11.9 Å². The van der Waals surface area contributed by atoms with E-state index >= 15 is 0 Å². The minimum atomic E-state index is -0.358. The molecule has 1 saturated carbocycles. The van der Waals surface area contributed by atoms with Crippen molar-refractivity contribution in [1.29, 1.82) is 0 Å². The highest BCUT2D eigenvalue weighted by Gasteiger charge is 2.64. The zero-order valence-electron chi connectivity index (χ0n) is 14.8. The van der Waals surface area contributed by atoms with E-state index in [1.54, 1.807) is 0 Å². The monoisotopic (exact) mass is 308 g/mol. The van der Waals surface area contributed by atoms with Crippen LogP contribution >= 0.6 is 0 Å². The van der Waals surface area contributed by atoms with E-state index in [1.165, 1.54) is 0 Å². The first kappa shape index (κ1) is 17.0. The third-order valence-corrected chi connectivity index (χ3v) is 5.51. The molecule has 2 aliphatic rings. The van der Waals surface area contributed by atoms with Crippen LogP contribution in [0, 0.1) is 16.7 Å². The van der Waals surface area contributed by atoms with Gasteiger partial charge < -0.3 is 9.47 Å². The zero-order valence-corrected chi connectivity index (χ0v) is 14.8. The van der Waals surface area contributed by atoms with Crippen LogP contribution in [0.1, 0.15) is 61.3 Å². The molecule has 4 nitrogen and oxygen atoms in total. The third-order valence-electron chi connectivity index (χ3n) is 5.51. The maximum Gasteiger partial charge on any atom is 0.335 e. The van der Waals surface area contributed by atoms with Crippen LogP contribution in [0.15, 0.2) is 11.1 Å². The van der Waals surface area contributed by atoms with Gasteiger partial charge in [-0.15, -0.1) is 0 Å². The highest BCUT2D eigenvalue weighted by molar-refractivity contribution is 6.03. The molecule has 0 saturated heterocycles. The summed E-state index contributed by atoms with van der Waals surface area (Å²) >= 11 is 0. The second kappa shape index (κ2) is 5.39. The summed E-state index contributed by atoms with van der Waals surface area (Å²) in [5.74, 6) is -0.644. The SMILES string of the molecule is CC(C)OC(=O)C1=C(C(=O)OC(C)C)C2(C)CCC1C2(C)C. The Hall–Kier alpha value is -1.32. The van der Waals surface area contributed by atoms with Gasteiger partial charge in [0, 0.05) is 5.41 Å². The van der Waals surface area contributed by atoms with Gasteiger partial charge in [0.15, 0.2) is 0 Å². The fraction of sp³-hybridized carbons (Fsp3) is 0.778. The Labute approximate surface area is 133 Å². The van der Waals surface area contributed by atoms with Gasteiger partial charge in [-0.05, 0) is 51.9 Å². The summed E-state index contributed by atoms with van der Waals surface area (Å²) in [6.45, 7) is 13.7.